The zero-order valence-corrected chi connectivity index (χ0v) is 17.5. The molecule has 0 bridgehead atoms. The van der Waals surface area contributed by atoms with Crippen LogP contribution in [-0.4, -0.2) is 40.6 Å². The Morgan fingerprint density at radius 2 is 1.71 bits per heavy atom. The summed E-state index contributed by atoms with van der Waals surface area (Å²) in [5.74, 6) is -0.728. The summed E-state index contributed by atoms with van der Waals surface area (Å²) in [4.78, 5) is 13.9. The summed E-state index contributed by atoms with van der Waals surface area (Å²) >= 11 is 0. The van der Waals surface area contributed by atoms with Gasteiger partial charge in [-0.15, -0.1) is 12.4 Å². The fourth-order valence-corrected chi connectivity index (χ4v) is 4.01. The third-order valence-electron chi connectivity index (χ3n) is 5.42. The van der Waals surface area contributed by atoms with Crippen LogP contribution in [0.3, 0.4) is 0 Å². The number of carboxylic acids is 1. The van der Waals surface area contributed by atoms with Crippen molar-refractivity contribution >= 4 is 18.4 Å². The minimum absolute atomic E-state index is 0. The molecule has 0 spiro atoms. The third-order valence-corrected chi connectivity index (χ3v) is 5.42. The number of nitrogens with zero attached hydrogens (tertiary/aromatic N) is 1. The molecule has 2 aromatic carbocycles. The summed E-state index contributed by atoms with van der Waals surface area (Å²) in [5.41, 5.74) is 3.77. The van der Waals surface area contributed by atoms with E-state index in [0.717, 1.165) is 24.9 Å². The minimum Gasteiger partial charge on any atom is -0.480 e. The molecule has 4 nitrogen and oxygen atoms in total. The first-order valence-corrected chi connectivity index (χ1v) is 9.86. The fourth-order valence-electron chi connectivity index (χ4n) is 4.01. The molecular formula is C23H31ClN2O2. The van der Waals surface area contributed by atoms with Gasteiger partial charge in [0.05, 0.1) is 0 Å². The summed E-state index contributed by atoms with van der Waals surface area (Å²) < 4.78 is 0. The van der Waals surface area contributed by atoms with E-state index >= 15 is 0 Å². The molecule has 152 valence electrons. The number of nitrogens with one attached hydrogen (secondary N) is 1. The van der Waals surface area contributed by atoms with Crippen LogP contribution in [0.4, 0.5) is 0 Å². The van der Waals surface area contributed by atoms with Crippen molar-refractivity contribution < 1.29 is 9.90 Å². The molecule has 3 rings (SSSR count). The molecule has 5 heteroatoms. The Morgan fingerprint density at radius 3 is 2.39 bits per heavy atom. The van der Waals surface area contributed by atoms with Gasteiger partial charge in [0.1, 0.15) is 6.04 Å². The van der Waals surface area contributed by atoms with E-state index in [9.17, 15) is 9.90 Å². The average Bonchev–Trinajstić information content (AvgIpc) is 2.66. The Bertz CT molecular complexity index is 753. The summed E-state index contributed by atoms with van der Waals surface area (Å²) in [7, 11) is 0. The van der Waals surface area contributed by atoms with E-state index < -0.39 is 12.0 Å². The molecule has 0 fully saturated rings. The molecule has 0 amide bonds. The lowest BCUT2D eigenvalue weighted by Crippen LogP contribution is -2.51. The van der Waals surface area contributed by atoms with Gasteiger partial charge < -0.3 is 10.4 Å². The quantitative estimate of drug-likeness (QED) is 0.702. The number of carbonyl (C=O) groups is 1. The maximum atomic E-state index is 11.8. The maximum absolute atomic E-state index is 11.8. The molecular weight excluding hydrogens is 372 g/mol. The van der Waals surface area contributed by atoms with Crippen LogP contribution in [0.25, 0.3) is 0 Å². The summed E-state index contributed by atoms with van der Waals surface area (Å²) in [6.45, 7) is 5.80. The van der Waals surface area contributed by atoms with Crippen LogP contribution in [0.2, 0.25) is 0 Å². The monoisotopic (exact) mass is 402 g/mol. The third kappa shape index (κ3) is 6.06. The molecule has 1 aliphatic rings. The second-order valence-corrected chi connectivity index (χ2v) is 7.75. The molecule has 2 N–H and O–H groups in total. The lowest BCUT2D eigenvalue weighted by atomic mass is 9.93. The van der Waals surface area contributed by atoms with Gasteiger partial charge in [-0.05, 0) is 49.8 Å². The molecule has 0 aliphatic carbocycles. The van der Waals surface area contributed by atoms with Crippen molar-refractivity contribution in [3.8, 4) is 0 Å². The summed E-state index contributed by atoms with van der Waals surface area (Å²) in [6.07, 6.45) is 2.71. The molecule has 0 saturated heterocycles. The van der Waals surface area contributed by atoms with Gasteiger partial charge >= 0.3 is 5.97 Å². The van der Waals surface area contributed by atoms with Crippen molar-refractivity contribution in [1.29, 1.82) is 0 Å². The van der Waals surface area contributed by atoms with Gasteiger partial charge in [0.2, 0.25) is 0 Å². The number of benzene rings is 2. The highest BCUT2D eigenvalue weighted by Crippen LogP contribution is 2.23. The lowest BCUT2D eigenvalue weighted by Gasteiger charge is -2.36. The van der Waals surface area contributed by atoms with E-state index in [0.29, 0.717) is 19.0 Å². The normalized spacial score (nSPS) is 18.6. The maximum Gasteiger partial charge on any atom is 0.321 e. The average molecular weight is 403 g/mol. The van der Waals surface area contributed by atoms with Crippen LogP contribution in [0.15, 0.2) is 54.6 Å². The summed E-state index contributed by atoms with van der Waals surface area (Å²) in [6, 6.07) is 18.9. The van der Waals surface area contributed by atoms with Crippen molar-refractivity contribution in [1.82, 2.24) is 10.2 Å². The number of rotatable bonds is 8. The van der Waals surface area contributed by atoms with Crippen molar-refractivity contribution in [2.45, 2.75) is 57.8 Å². The highest BCUT2D eigenvalue weighted by Gasteiger charge is 2.32. The number of carboxylic acid groups (broad SMARTS) is 1. The van der Waals surface area contributed by atoms with Gasteiger partial charge in [-0.2, -0.15) is 0 Å². The standard InChI is InChI=1S/C23H30N2O2.ClH/c1-17(12-13-19-8-4-3-5-9-19)24-18(2)15-25-16-21-11-7-6-10-20(21)14-22(25)23(26)27;/h3-11,17-18,22,24H,12-16H2,1-2H3,(H,26,27);1H/t17-,18+,22+;/m1./s1. The van der Waals surface area contributed by atoms with Gasteiger partial charge in [0.15, 0.2) is 0 Å². The van der Waals surface area contributed by atoms with Crippen LogP contribution in [0.5, 0.6) is 0 Å². The molecule has 0 aromatic heterocycles. The van der Waals surface area contributed by atoms with Crippen molar-refractivity contribution in [3.05, 3.63) is 71.3 Å². The van der Waals surface area contributed by atoms with Gasteiger partial charge in [-0.25, -0.2) is 0 Å². The first-order valence-electron chi connectivity index (χ1n) is 9.86. The zero-order valence-electron chi connectivity index (χ0n) is 16.7. The zero-order chi connectivity index (χ0) is 19.2. The number of hydrogen-bond donors (Lipinski definition) is 2. The number of fused-ring (bicyclic) bond motifs is 1. The van der Waals surface area contributed by atoms with Crippen molar-refractivity contribution in [2.75, 3.05) is 6.54 Å². The Morgan fingerprint density at radius 1 is 1.07 bits per heavy atom. The van der Waals surface area contributed by atoms with E-state index in [1.165, 1.54) is 11.1 Å². The lowest BCUT2D eigenvalue weighted by molar-refractivity contribution is -0.144. The Kier molecular flexibility index (Phi) is 8.49. The van der Waals surface area contributed by atoms with Gasteiger partial charge in [-0.1, -0.05) is 54.6 Å². The van der Waals surface area contributed by atoms with Gasteiger partial charge in [-0.3, -0.25) is 9.69 Å². The molecule has 2 aromatic rings. The molecule has 0 unspecified atom stereocenters. The van der Waals surface area contributed by atoms with Crippen LogP contribution in [0.1, 0.15) is 37.0 Å². The van der Waals surface area contributed by atoms with Crippen LogP contribution in [-0.2, 0) is 24.2 Å². The fraction of sp³-hybridized carbons (Fsp3) is 0.435. The van der Waals surface area contributed by atoms with E-state index in [2.05, 4.69) is 60.5 Å². The highest BCUT2D eigenvalue weighted by molar-refractivity contribution is 5.85. The SMILES string of the molecule is C[C@H](CCc1ccccc1)N[C@@H](C)CN1Cc2ccccc2C[C@H]1C(=O)O.Cl. The minimum atomic E-state index is -0.728. The molecule has 1 aliphatic heterocycles. The highest BCUT2D eigenvalue weighted by atomic mass is 35.5. The Balaban J connectivity index is 0.00000280. The summed E-state index contributed by atoms with van der Waals surface area (Å²) in [5, 5.41) is 13.3. The van der Waals surface area contributed by atoms with Crippen molar-refractivity contribution in [2.24, 2.45) is 0 Å². The molecule has 0 radical (unpaired) electrons. The predicted octanol–water partition coefficient (Wildman–Crippen LogP) is 3.92. The van der Waals surface area contributed by atoms with Gasteiger partial charge in [0, 0.05) is 25.2 Å². The van der Waals surface area contributed by atoms with Crippen LogP contribution >= 0.6 is 12.4 Å². The second-order valence-electron chi connectivity index (χ2n) is 7.75. The molecule has 3 atom stereocenters. The first-order chi connectivity index (χ1) is 13.0. The first kappa shape index (κ1) is 22.4. The van der Waals surface area contributed by atoms with E-state index in [-0.39, 0.29) is 18.4 Å². The van der Waals surface area contributed by atoms with Crippen molar-refractivity contribution in [3.63, 3.8) is 0 Å². The topological polar surface area (TPSA) is 52.6 Å². The second kappa shape index (κ2) is 10.6. The number of halogens is 1. The van der Waals surface area contributed by atoms with E-state index in [4.69, 9.17) is 0 Å². The molecule has 28 heavy (non-hydrogen) atoms. The van der Waals surface area contributed by atoms with E-state index in [1.54, 1.807) is 0 Å². The van der Waals surface area contributed by atoms with Crippen LogP contribution < -0.4 is 5.32 Å². The number of hydrogen-bond acceptors (Lipinski definition) is 3. The molecule has 1 heterocycles. The smallest absolute Gasteiger partial charge is 0.321 e. The van der Waals surface area contributed by atoms with E-state index in [1.807, 2.05) is 18.2 Å². The Hall–Kier alpha value is -1.88. The Labute approximate surface area is 174 Å². The largest absolute Gasteiger partial charge is 0.480 e. The predicted molar refractivity (Wildman–Crippen MR) is 116 cm³/mol. The number of aliphatic carboxylic acids is 1. The van der Waals surface area contributed by atoms with Gasteiger partial charge in [0.25, 0.3) is 0 Å². The molecule has 0 saturated carbocycles. The van der Waals surface area contributed by atoms with Crippen LogP contribution in [0, 0.1) is 0 Å². The number of aryl methyl sites for hydroxylation is 1.